The average Bonchev–Trinajstić information content (AvgIpc) is 3.73. The number of anilines is 1. The molecule has 2 aromatic heterocycles. The second-order valence-electron chi connectivity index (χ2n) is 11.1. The predicted molar refractivity (Wildman–Crippen MR) is 147 cm³/mol. The maximum atomic E-state index is 16.7. The van der Waals surface area contributed by atoms with E-state index in [1.165, 1.54) is 25.3 Å². The number of aromatic carboxylic acids is 1. The third-order valence-electron chi connectivity index (χ3n) is 8.39. The van der Waals surface area contributed by atoms with Gasteiger partial charge >= 0.3 is 12.1 Å². The lowest BCUT2D eigenvalue weighted by Crippen LogP contribution is -2.62. The normalized spacial score (nSPS) is 27.0. The fourth-order valence-electron chi connectivity index (χ4n) is 5.89. The lowest BCUT2D eigenvalue weighted by Gasteiger charge is -2.46. The molecule has 14 heteroatoms. The molecule has 6 rings (SSSR count). The summed E-state index contributed by atoms with van der Waals surface area (Å²) >= 11 is 0. The summed E-state index contributed by atoms with van der Waals surface area (Å²) in [5.74, 6) is -4.76. The Kier molecular flexibility index (Phi) is 6.84. The Morgan fingerprint density at radius 1 is 1.19 bits per heavy atom. The SMILES string of the molecule is CC(=O)C(N)[C@@H]1CN(C2(F)C=CC=CC2N2CCN(c3nc4c(cc3F)c(=O)c(C(=O)O)cn4C3CC3)CC2)C(=O)O1. The van der Waals surface area contributed by atoms with E-state index >= 15 is 8.78 Å². The van der Waals surface area contributed by atoms with E-state index in [0.717, 1.165) is 23.8 Å². The van der Waals surface area contributed by atoms with Gasteiger partial charge in [-0.3, -0.25) is 19.4 Å². The van der Waals surface area contributed by atoms with Gasteiger partial charge in [-0.15, -0.1) is 0 Å². The first-order chi connectivity index (χ1) is 20.0. The van der Waals surface area contributed by atoms with Gasteiger partial charge in [-0.1, -0.05) is 18.2 Å². The largest absolute Gasteiger partial charge is 0.477 e. The van der Waals surface area contributed by atoms with Crippen molar-refractivity contribution in [3.8, 4) is 0 Å². The number of carbonyl (C=O) groups excluding carboxylic acids is 2. The number of cyclic esters (lactones) is 1. The lowest BCUT2D eigenvalue weighted by atomic mass is 9.95. The molecule has 42 heavy (non-hydrogen) atoms. The molecule has 0 radical (unpaired) electrons. The predicted octanol–water partition coefficient (Wildman–Crippen LogP) is 1.59. The van der Waals surface area contributed by atoms with Gasteiger partial charge in [-0.05, 0) is 31.9 Å². The summed E-state index contributed by atoms with van der Waals surface area (Å²) in [4.78, 5) is 57.8. The molecule has 0 bridgehead atoms. The molecule has 4 atom stereocenters. The maximum absolute atomic E-state index is 16.7. The lowest BCUT2D eigenvalue weighted by molar-refractivity contribution is -0.120. The van der Waals surface area contributed by atoms with Crippen molar-refractivity contribution in [2.45, 2.75) is 49.8 Å². The average molecular weight is 585 g/mol. The van der Waals surface area contributed by atoms with Crippen molar-refractivity contribution in [2.24, 2.45) is 5.73 Å². The number of amides is 1. The summed E-state index contributed by atoms with van der Waals surface area (Å²) in [6, 6.07) is -0.919. The molecule has 3 fully saturated rings. The van der Waals surface area contributed by atoms with Gasteiger partial charge in [0.25, 0.3) is 0 Å². The molecule has 0 aromatic carbocycles. The van der Waals surface area contributed by atoms with Crippen molar-refractivity contribution in [1.29, 1.82) is 0 Å². The quantitative estimate of drug-likeness (QED) is 0.459. The Morgan fingerprint density at radius 2 is 1.90 bits per heavy atom. The molecular formula is C28H30F2N6O6. The molecule has 0 spiro atoms. The number of aromatic nitrogens is 2. The molecule has 3 unspecified atom stereocenters. The number of alkyl halides is 1. The number of ketones is 1. The van der Waals surface area contributed by atoms with E-state index in [1.54, 1.807) is 21.6 Å². The number of halogens is 2. The minimum absolute atomic E-state index is 0.0143. The van der Waals surface area contributed by atoms with Gasteiger partial charge in [-0.25, -0.2) is 23.4 Å². The van der Waals surface area contributed by atoms with E-state index in [2.05, 4.69) is 4.98 Å². The standard InChI is InChI=1S/C28H30F2N6O6/c1-15(37)22(31)20-14-36(27(41)42-20)28(30)7-3-2-4-21(28)33-8-10-34(11-9-33)25-19(29)12-17-23(38)18(26(39)40)13-35(16-5-6-16)24(17)32-25/h2-4,7,12-13,16,20-22H,5-6,8-11,14,31H2,1H3,(H,39,40)/t20-,21?,22?,28?/m0/s1. The highest BCUT2D eigenvalue weighted by Gasteiger charge is 2.53. The van der Waals surface area contributed by atoms with Crippen molar-refractivity contribution in [2.75, 3.05) is 37.6 Å². The van der Waals surface area contributed by atoms with Crippen LogP contribution in [0, 0.1) is 5.82 Å². The number of fused-ring (bicyclic) bond motifs is 1. The number of rotatable bonds is 7. The number of hydrogen-bond acceptors (Lipinski definition) is 9. The number of pyridine rings is 2. The summed E-state index contributed by atoms with van der Waals surface area (Å²) in [5, 5.41) is 9.37. The zero-order valence-electron chi connectivity index (χ0n) is 22.8. The van der Waals surface area contributed by atoms with Crippen LogP contribution in [0.15, 0.2) is 41.4 Å². The highest BCUT2D eigenvalue weighted by atomic mass is 19.1. The summed E-state index contributed by atoms with van der Waals surface area (Å²) in [6.07, 6.45) is 7.10. The Bertz CT molecular complexity index is 1600. The molecule has 2 aromatic rings. The summed E-state index contributed by atoms with van der Waals surface area (Å²) in [5.41, 5.74) is 4.87. The third kappa shape index (κ3) is 4.64. The van der Waals surface area contributed by atoms with Crippen LogP contribution in [0.1, 0.15) is 36.2 Å². The van der Waals surface area contributed by atoms with Crippen LogP contribution in [0.3, 0.4) is 0 Å². The van der Waals surface area contributed by atoms with Gasteiger partial charge < -0.3 is 25.0 Å². The highest BCUT2D eigenvalue weighted by Crippen LogP contribution is 2.38. The maximum Gasteiger partial charge on any atom is 0.413 e. The smallest absolute Gasteiger partial charge is 0.413 e. The first-order valence-corrected chi connectivity index (χ1v) is 13.8. The van der Waals surface area contributed by atoms with E-state index in [1.807, 2.05) is 4.90 Å². The Morgan fingerprint density at radius 3 is 2.55 bits per heavy atom. The van der Waals surface area contributed by atoms with Crippen LogP contribution >= 0.6 is 0 Å². The van der Waals surface area contributed by atoms with Crippen molar-refractivity contribution in [3.63, 3.8) is 0 Å². The number of piperazine rings is 1. The van der Waals surface area contributed by atoms with Crippen LogP contribution in [0.25, 0.3) is 11.0 Å². The molecule has 1 amide bonds. The van der Waals surface area contributed by atoms with Crippen LogP contribution < -0.4 is 16.1 Å². The summed E-state index contributed by atoms with van der Waals surface area (Å²) in [7, 11) is 0. The number of ether oxygens (including phenoxy) is 1. The molecule has 4 aliphatic rings. The van der Waals surface area contributed by atoms with Crippen molar-refractivity contribution in [1.82, 2.24) is 19.4 Å². The summed E-state index contributed by atoms with van der Waals surface area (Å²) in [6.45, 7) is 2.21. The topological polar surface area (TPSA) is 151 Å². The first-order valence-electron chi connectivity index (χ1n) is 13.8. The molecule has 3 N–H and O–H groups in total. The Labute approximate surface area is 238 Å². The van der Waals surface area contributed by atoms with Crippen LogP contribution in [0.4, 0.5) is 19.4 Å². The van der Waals surface area contributed by atoms with E-state index in [0.29, 0.717) is 13.1 Å². The van der Waals surface area contributed by atoms with Crippen LogP contribution in [-0.2, 0) is 9.53 Å². The molecule has 222 valence electrons. The van der Waals surface area contributed by atoms with Crippen LogP contribution in [0.2, 0.25) is 0 Å². The number of carboxylic acids is 1. The van der Waals surface area contributed by atoms with Gasteiger partial charge in [0.05, 0.1) is 18.0 Å². The molecule has 2 saturated heterocycles. The second-order valence-corrected chi connectivity index (χ2v) is 11.1. The van der Waals surface area contributed by atoms with Gasteiger partial charge in [0.1, 0.15) is 29.1 Å². The van der Waals surface area contributed by atoms with E-state index in [9.17, 15) is 24.3 Å². The molecule has 2 aliphatic carbocycles. The van der Waals surface area contributed by atoms with E-state index < -0.39 is 52.9 Å². The molecule has 2 aliphatic heterocycles. The zero-order valence-corrected chi connectivity index (χ0v) is 22.8. The van der Waals surface area contributed by atoms with Gasteiger partial charge in [0, 0.05) is 38.4 Å². The van der Waals surface area contributed by atoms with Crippen molar-refractivity contribution < 1.29 is 33.0 Å². The number of allylic oxidation sites excluding steroid dienone is 2. The highest BCUT2D eigenvalue weighted by molar-refractivity contribution is 5.92. The monoisotopic (exact) mass is 584 g/mol. The van der Waals surface area contributed by atoms with Crippen LogP contribution in [-0.4, -0.2) is 99.0 Å². The minimum atomic E-state index is -2.27. The second kappa shape index (κ2) is 10.3. The first kappa shape index (κ1) is 28.0. The van der Waals surface area contributed by atoms with Gasteiger partial charge in [0.2, 0.25) is 11.2 Å². The minimum Gasteiger partial charge on any atom is -0.477 e. The van der Waals surface area contributed by atoms with Crippen molar-refractivity contribution >= 4 is 34.7 Å². The van der Waals surface area contributed by atoms with Crippen LogP contribution in [0.5, 0.6) is 0 Å². The van der Waals surface area contributed by atoms with E-state index in [4.69, 9.17) is 10.5 Å². The zero-order chi connectivity index (χ0) is 29.9. The fraction of sp³-hybridized carbons (Fsp3) is 0.464. The van der Waals surface area contributed by atoms with Gasteiger partial charge in [0.15, 0.2) is 11.6 Å². The Balaban J connectivity index is 1.23. The number of carboxylic acid groups (broad SMARTS) is 1. The Hall–Kier alpha value is -4.17. The molecule has 1 saturated carbocycles. The number of Topliss-reactive ketones (excluding diaryl/α,β-unsaturated/α-hetero) is 1. The molecule has 4 heterocycles. The summed E-state index contributed by atoms with van der Waals surface area (Å²) < 4.78 is 38.9. The fourth-order valence-corrected chi connectivity index (χ4v) is 5.89. The van der Waals surface area contributed by atoms with Crippen molar-refractivity contribution in [3.05, 3.63) is 58.2 Å². The number of nitrogens with two attached hydrogens (primary N) is 1. The number of nitrogens with zero attached hydrogens (tertiary/aromatic N) is 5. The number of hydrogen-bond donors (Lipinski definition) is 2. The van der Waals surface area contributed by atoms with Gasteiger partial charge in [-0.2, -0.15) is 0 Å². The van der Waals surface area contributed by atoms with E-state index in [-0.39, 0.29) is 48.3 Å². The molecular weight excluding hydrogens is 554 g/mol. The molecule has 12 nitrogen and oxygen atoms in total. The third-order valence-corrected chi connectivity index (χ3v) is 8.39. The number of carbonyl (C=O) groups is 3.